The summed E-state index contributed by atoms with van der Waals surface area (Å²) in [7, 11) is 0. The molecule has 3 nitrogen and oxygen atoms in total. The Labute approximate surface area is 78.7 Å². The van der Waals surface area contributed by atoms with Crippen LogP contribution in [-0.4, -0.2) is 33.6 Å². The average molecular weight is 186 g/mol. The van der Waals surface area contributed by atoms with Crippen LogP contribution < -0.4 is 0 Å². The Morgan fingerprint density at radius 2 is 1.85 bits per heavy atom. The molecule has 2 aliphatic heterocycles. The van der Waals surface area contributed by atoms with Gasteiger partial charge in [0, 0.05) is 5.92 Å². The molecule has 0 aromatic rings. The van der Waals surface area contributed by atoms with Crippen LogP contribution in [0.5, 0.6) is 0 Å². The van der Waals surface area contributed by atoms with Crippen LogP contribution in [0.1, 0.15) is 33.6 Å². The molecule has 0 radical (unpaired) electrons. The van der Waals surface area contributed by atoms with E-state index in [1.54, 1.807) is 0 Å². The highest BCUT2D eigenvalue weighted by molar-refractivity contribution is 5.07. The predicted octanol–water partition coefficient (Wildman–Crippen LogP) is 0.686. The number of hydrogen-bond acceptors (Lipinski definition) is 3. The van der Waals surface area contributed by atoms with E-state index in [9.17, 15) is 10.2 Å². The smallest absolute Gasteiger partial charge is 0.109 e. The largest absolute Gasteiger partial charge is 0.390 e. The van der Waals surface area contributed by atoms with Gasteiger partial charge in [0.15, 0.2) is 0 Å². The molecule has 76 valence electrons. The standard InChI is InChI=1S/C10H18O3/c1-9(2)6-4-5-10(3,13-9)8(12)7(6)11/h6-8,11-12H,4-5H2,1-3H3/t6-,7+,8-,10+/m1/s1. The van der Waals surface area contributed by atoms with Gasteiger partial charge >= 0.3 is 0 Å². The molecule has 13 heavy (non-hydrogen) atoms. The summed E-state index contributed by atoms with van der Waals surface area (Å²) in [5, 5.41) is 19.6. The molecule has 4 atom stereocenters. The lowest BCUT2D eigenvalue weighted by Crippen LogP contribution is -2.68. The zero-order valence-electron chi connectivity index (χ0n) is 8.45. The van der Waals surface area contributed by atoms with E-state index >= 15 is 0 Å². The molecular weight excluding hydrogens is 168 g/mol. The maximum atomic E-state index is 9.84. The molecule has 1 aliphatic carbocycles. The molecule has 3 aliphatic rings. The van der Waals surface area contributed by atoms with Crippen LogP contribution in [0.25, 0.3) is 0 Å². The van der Waals surface area contributed by atoms with Gasteiger partial charge in [0.1, 0.15) is 6.10 Å². The number of hydrogen-bond donors (Lipinski definition) is 2. The highest BCUT2D eigenvalue weighted by Gasteiger charge is 2.58. The summed E-state index contributed by atoms with van der Waals surface area (Å²) >= 11 is 0. The summed E-state index contributed by atoms with van der Waals surface area (Å²) in [5.41, 5.74) is -0.844. The van der Waals surface area contributed by atoms with Crippen molar-refractivity contribution in [3.63, 3.8) is 0 Å². The molecule has 2 N–H and O–H groups in total. The van der Waals surface area contributed by atoms with E-state index in [1.165, 1.54) is 0 Å². The second-order valence-corrected chi connectivity index (χ2v) is 5.10. The molecule has 0 amide bonds. The van der Waals surface area contributed by atoms with E-state index < -0.39 is 17.8 Å². The highest BCUT2D eigenvalue weighted by Crippen LogP contribution is 2.49. The van der Waals surface area contributed by atoms with Crippen molar-refractivity contribution in [3.05, 3.63) is 0 Å². The van der Waals surface area contributed by atoms with E-state index in [-0.39, 0.29) is 11.5 Å². The second kappa shape index (κ2) is 2.47. The van der Waals surface area contributed by atoms with Crippen LogP contribution in [0.3, 0.4) is 0 Å². The van der Waals surface area contributed by atoms with Crippen molar-refractivity contribution in [1.82, 2.24) is 0 Å². The summed E-state index contributed by atoms with van der Waals surface area (Å²) < 4.78 is 5.83. The minimum atomic E-state index is -0.723. The molecule has 0 aromatic heterocycles. The minimum absolute atomic E-state index is 0.0734. The number of rotatable bonds is 0. The van der Waals surface area contributed by atoms with Gasteiger partial charge in [-0.1, -0.05) is 0 Å². The van der Waals surface area contributed by atoms with Crippen LogP contribution in [0.2, 0.25) is 0 Å². The van der Waals surface area contributed by atoms with Gasteiger partial charge in [-0.25, -0.2) is 0 Å². The first kappa shape index (κ1) is 9.44. The normalized spacial score (nSPS) is 53.8. The fraction of sp³-hybridized carbons (Fsp3) is 1.00. The Hall–Kier alpha value is -0.120. The monoisotopic (exact) mass is 186 g/mol. The van der Waals surface area contributed by atoms with E-state index in [4.69, 9.17) is 4.74 Å². The topological polar surface area (TPSA) is 49.7 Å². The van der Waals surface area contributed by atoms with Gasteiger partial charge in [-0.2, -0.15) is 0 Å². The van der Waals surface area contributed by atoms with E-state index in [0.717, 1.165) is 12.8 Å². The molecule has 2 saturated heterocycles. The Morgan fingerprint density at radius 3 is 2.31 bits per heavy atom. The molecule has 0 unspecified atom stereocenters. The number of fused-ring (bicyclic) bond motifs is 3. The van der Waals surface area contributed by atoms with E-state index in [0.29, 0.717) is 0 Å². The number of aliphatic hydroxyl groups excluding tert-OH is 2. The van der Waals surface area contributed by atoms with Gasteiger partial charge in [-0.05, 0) is 33.6 Å². The zero-order chi connectivity index (χ0) is 9.85. The Kier molecular flexibility index (Phi) is 1.79. The van der Waals surface area contributed by atoms with Gasteiger partial charge < -0.3 is 14.9 Å². The third-order valence-corrected chi connectivity index (χ3v) is 3.70. The van der Waals surface area contributed by atoms with Crippen molar-refractivity contribution in [2.45, 2.75) is 57.0 Å². The number of aliphatic hydroxyl groups is 2. The van der Waals surface area contributed by atoms with Crippen LogP contribution in [0.15, 0.2) is 0 Å². The van der Waals surface area contributed by atoms with Gasteiger partial charge in [-0.3, -0.25) is 0 Å². The van der Waals surface area contributed by atoms with Crippen LogP contribution in [0, 0.1) is 5.92 Å². The zero-order valence-corrected chi connectivity index (χ0v) is 8.45. The lowest BCUT2D eigenvalue weighted by molar-refractivity contribution is -0.309. The molecule has 2 heterocycles. The van der Waals surface area contributed by atoms with Crippen LogP contribution in [0.4, 0.5) is 0 Å². The summed E-state index contributed by atoms with van der Waals surface area (Å²) in [5.74, 6) is 0.0734. The molecule has 3 heteroatoms. The SMILES string of the molecule is CC1(C)O[C@@]2(C)CC[C@@H]1[C@H](O)[C@H]2O. The molecule has 3 fully saturated rings. The molecule has 2 bridgehead atoms. The molecule has 3 rings (SSSR count). The van der Waals surface area contributed by atoms with Crippen molar-refractivity contribution >= 4 is 0 Å². The van der Waals surface area contributed by atoms with Crippen molar-refractivity contribution < 1.29 is 14.9 Å². The van der Waals surface area contributed by atoms with Gasteiger partial charge in [-0.15, -0.1) is 0 Å². The first-order chi connectivity index (χ1) is 5.87. The lowest BCUT2D eigenvalue weighted by atomic mass is 9.65. The van der Waals surface area contributed by atoms with Crippen molar-refractivity contribution in [1.29, 1.82) is 0 Å². The fourth-order valence-electron chi connectivity index (χ4n) is 2.89. The maximum Gasteiger partial charge on any atom is 0.109 e. The van der Waals surface area contributed by atoms with E-state index in [1.807, 2.05) is 20.8 Å². The van der Waals surface area contributed by atoms with Gasteiger partial charge in [0.05, 0.1) is 17.3 Å². The quantitative estimate of drug-likeness (QED) is 0.585. The van der Waals surface area contributed by atoms with Gasteiger partial charge in [0.25, 0.3) is 0 Å². The van der Waals surface area contributed by atoms with Gasteiger partial charge in [0.2, 0.25) is 0 Å². The Bertz CT molecular complexity index is 226. The predicted molar refractivity (Wildman–Crippen MR) is 48.3 cm³/mol. The summed E-state index contributed by atoms with van der Waals surface area (Å²) in [6, 6.07) is 0. The third kappa shape index (κ3) is 1.14. The number of ether oxygens (including phenoxy) is 1. The second-order valence-electron chi connectivity index (χ2n) is 5.10. The summed E-state index contributed by atoms with van der Waals surface area (Å²) in [6.07, 6.45) is 0.447. The summed E-state index contributed by atoms with van der Waals surface area (Å²) in [6.45, 7) is 5.87. The maximum absolute atomic E-state index is 9.84. The Morgan fingerprint density at radius 1 is 1.23 bits per heavy atom. The third-order valence-electron chi connectivity index (χ3n) is 3.70. The molecule has 1 saturated carbocycles. The minimum Gasteiger partial charge on any atom is -0.390 e. The lowest BCUT2D eigenvalue weighted by Gasteiger charge is -2.58. The average Bonchev–Trinajstić information content (AvgIpc) is 1.97. The highest BCUT2D eigenvalue weighted by atomic mass is 16.5. The molecular formula is C10H18O3. The molecule has 0 aromatic carbocycles. The fourth-order valence-corrected chi connectivity index (χ4v) is 2.89. The van der Waals surface area contributed by atoms with Crippen LogP contribution in [-0.2, 0) is 4.74 Å². The summed E-state index contributed by atoms with van der Waals surface area (Å²) in [4.78, 5) is 0. The van der Waals surface area contributed by atoms with Crippen LogP contribution >= 0.6 is 0 Å². The van der Waals surface area contributed by atoms with Crippen molar-refractivity contribution in [3.8, 4) is 0 Å². The van der Waals surface area contributed by atoms with Crippen molar-refractivity contribution in [2.24, 2.45) is 5.92 Å². The van der Waals surface area contributed by atoms with E-state index in [2.05, 4.69) is 0 Å². The first-order valence-corrected chi connectivity index (χ1v) is 4.93. The molecule has 0 spiro atoms. The Balaban J connectivity index is 2.34. The van der Waals surface area contributed by atoms with Crippen molar-refractivity contribution in [2.75, 3.05) is 0 Å². The first-order valence-electron chi connectivity index (χ1n) is 4.93.